The molecule has 7 nitrogen and oxygen atoms in total. The van der Waals surface area contributed by atoms with Crippen LogP contribution in [0.15, 0.2) is 48.1 Å². The SMILES string of the molecule is O=C(Cc1ccc(-n2cccn2)cc1)Nc1nc(CN2CCOCC2)cs1. The molecule has 0 unspecified atom stereocenters. The van der Waals surface area contributed by atoms with Gasteiger partial charge in [-0.05, 0) is 23.8 Å². The highest BCUT2D eigenvalue weighted by Gasteiger charge is 2.13. The molecule has 27 heavy (non-hydrogen) atoms. The molecule has 1 saturated heterocycles. The van der Waals surface area contributed by atoms with Gasteiger partial charge >= 0.3 is 0 Å². The van der Waals surface area contributed by atoms with Crippen molar-refractivity contribution in [3.05, 3.63) is 59.4 Å². The number of carbonyl (C=O) groups excluding carboxylic acids is 1. The summed E-state index contributed by atoms with van der Waals surface area (Å²) >= 11 is 1.47. The lowest BCUT2D eigenvalue weighted by atomic mass is 10.1. The number of thiazole rings is 1. The van der Waals surface area contributed by atoms with E-state index in [1.54, 1.807) is 10.9 Å². The molecule has 0 saturated carbocycles. The van der Waals surface area contributed by atoms with Gasteiger partial charge in [0, 0.05) is 37.4 Å². The van der Waals surface area contributed by atoms with Crippen LogP contribution in [-0.2, 0) is 22.5 Å². The first kappa shape index (κ1) is 17.8. The summed E-state index contributed by atoms with van der Waals surface area (Å²) in [6.45, 7) is 4.19. The maximum atomic E-state index is 12.3. The summed E-state index contributed by atoms with van der Waals surface area (Å²) in [5.74, 6) is -0.0610. The minimum Gasteiger partial charge on any atom is -0.379 e. The smallest absolute Gasteiger partial charge is 0.230 e. The number of morpholine rings is 1. The van der Waals surface area contributed by atoms with Crippen LogP contribution in [-0.4, -0.2) is 51.9 Å². The summed E-state index contributed by atoms with van der Waals surface area (Å²) in [5, 5.41) is 9.75. The molecule has 1 amide bonds. The van der Waals surface area contributed by atoms with Crippen molar-refractivity contribution in [1.29, 1.82) is 0 Å². The van der Waals surface area contributed by atoms with E-state index in [9.17, 15) is 4.79 Å². The van der Waals surface area contributed by atoms with Crippen LogP contribution in [0.5, 0.6) is 0 Å². The fourth-order valence-corrected chi connectivity index (χ4v) is 3.68. The normalized spacial score (nSPS) is 15.0. The number of nitrogens with one attached hydrogen (secondary N) is 1. The van der Waals surface area contributed by atoms with E-state index in [-0.39, 0.29) is 5.91 Å². The van der Waals surface area contributed by atoms with E-state index < -0.39 is 0 Å². The van der Waals surface area contributed by atoms with Crippen LogP contribution in [0.2, 0.25) is 0 Å². The van der Waals surface area contributed by atoms with Crippen molar-refractivity contribution in [3.63, 3.8) is 0 Å². The maximum Gasteiger partial charge on any atom is 0.230 e. The van der Waals surface area contributed by atoms with Crippen LogP contribution in [0.1, 0.15) is 11.3 Å². The molecule has 3 aromatic rings. The Hall–Kier alpha value is -2.55. The molecule has 8 heteroatoms. The van der Waals surface area contributed by atoms with Crippen molar-refractivity contribution in [3.8, 4) is 5.69 Å². The van der Waals surface area contributed by atoms with E-state index in [4.69, 9.17) is 4.74 Å². The monoisotopic (exact) mass is 383 g/mol. The number of hydrogen-bond acceptors (Lipinski definition) is 6. The number of nitrogens with zero attached hydrogens (tertiary/aromatic N) is 4. The average Bonchev–Trinajstić information content (AvgIpc) is 3.36. The largest absolute Gasteiger partial charge is 0.379 e. The highest BCUT2D eigenvalue weighted by atomic mass is 32.1. The fourth-order valence-electron chi connectivity index (χ4n) is 2.96. The van der Waals surface area contributed by atoms with Gasteiger partial charge in [0.2, 0.25) is 5.91 Å². The van der Waals surface area contributed by atoms with Crippen molar-refractivity contribution in [2.24, 2.45) is 0 Å². The van der Waals surface area contributed by atoms with Gasteiger partial charge < -0.3 is 10.1 Å². The van der Waals surface area contributed by atoms with E-state index >= 15 is 0 Å². The van der Waals surface area contributed by atoms with Crippen LogP contribution in [0.3, 0.4) is 0 Å². The minimum atomic E-state index is -0.0610. The zero-order valence-corrected chi connectivity index (χ0v) is 15.7. The standard InChI is InChI=1S/C19H21N5O2S/c25-18(12-15-2-4-17(5-3-15)24-7-1-6-20-24)22-19-21-16(14-27-19)13-23-8-10-26-11-9-23/h1-7,14H,8-13H2,(H,21,22,25). The lowest BCUT2D eigenvalue weighted by molar-refractivity contribution is -0.115. The van der Waals surface area contributed by atoms with Gasteiger partial charge in [-0.2, -0.15) is 5.10 Å². The number of hydrogen-bond donors (Lipinski definition) is 1. The molecule has 1 aromatic carbocycles. The molecule has 140 valence electrons. The van der Waals surface area contributed by atoms with Crippen molar-refractivity contribution < 1.29 is 9.53 Å². The lowest BCUT2D eigenvalue weighted by Gasteiger charge is -2.25. The molecule has 1 fully saturated rings. The second kappa shape index (κ2) is 8.43. The topological polar surface area (TPSA) is 72.3 Å². The Morgan fingerprint density at radius 2 is 2.04 bits per heavy atom. The third-order valence-corrected chi connectivity index (χ3v) is 5.16. The summed E-state index contributed by atoms with van der Waals surface area (Å²) in [4.78, 5) is 19.1. The van der Waals surface area contributed by atoms with Gasteiger partial charge in [0.25, 0.3) is 0 Å². The number of anilines is 1. The summed E-state index contributed by atoms with van der Waals surface area (Å²) < 4.78 is 7.15. The Kier molecular flexibility index (Phi) is 5.57. The summed E-state index contributed by atoms with van der Waals surface area (Å²) in [5.41, 5.74) is 2.91. The van der Waals surface area contributed by atoms with Gasteiger partial charge in [0.15, 0.2) is 5.13 Å². The Morgan fingerprint density at radius 3 is 2.78 bits per heavy atom. The molecule has 1 N–H and O–H groups in total. The van der Waals surface area contributed by atoms with Crippen LogP contribution in [0, 0.1) is 0 Å². The van der Waals surface area contributed by atoms with Gasteiger partial charge in [-0.25, -0.2) is 9.67 Å². The van der Waals surface area contributed by atoms with Crippen LogP contribution < -0.4 is 5.32 Å². The number of aromatic nitrogens is 3. The van der Waals surface area contributed by atoms with Crippen molar-refractivity contribution in [2.75, 3.05) is 31.6 Å². The van der Waals surface area contributed by atoms with E-state index in [1.165, 1.54) is 11.3 Å². The van der Waals surface area contributed by atoms with Gasteiger partial charge in [-0.3, -0.25) is 9.69 Å². The third-order valence-electron chi connectivity index (χ3n) is 4.36. The minimum absolute atomic E-state index is 0.0610. The quantitative estimate of drug-likeness (QED) is 0.707. The number of ether oxygens (including phenoxy) is 1. The van der Waals surface area contributed by atoms with Crippen molar-refractivity contribution >= 4 is 22.4 Å². The second-order valence-electron chi connectivity index (χ2n) is 6.37. The first-order valence-corrected chi connectivity index (χ1v) is 9.77. The van der Waals surface area contributed by atoms with Gasteiger partial charge in [-0.15, -0.1) is 11.3 Å². The molecule has 0 bridgehead atoms. The Balaban J connectivity index is 1.30. The third kappa shape index (κ3) is 4.79. The number of amides is 1. The molecule has 1 aliphatic rings. The maximum absolute atomic E-state index is 12.3. The first-order chi connectivity index (χ1) is 13.3. The molecular weight excluding hydrogens is 362 g/mol. The summed E-state index contributed by atoms with van der Waals surface area (Å²) in [6.07, 6.45) is 3.94. The van der Waals surface area contributed by atoms with E-state index in [2.05, 4.69) is 20.3 Å². The molecule has 0 spiro atoms. The number of carbonyl (C=O) groups is 1. The fraction of sp³-hybridized carbons (Fsp3) is 0.316. The molecule has 1 aliphatic heterocycles. The lowest BCUT2D eigenvalue weighted by Crippen LogP contribution is -2.35. The van der Waals surface area contributed by atoms with Crippen LogP contribution in [0.25, 0.3) is 5.69 Å². The number of rotatable bonds is 6. The van der Waals surface area contributed by atoms with Crippen molar-refractivity contribution in [2.45, 2.75) is 13.0 Å². The predicted octanol–water partition coefficient (Wildman–Crippen LogP) is 2.34. The molecular formula is C19H21N5O2S. The Labute approximate surface area is 161 Å². The molecule has 2 aromatic heterocycles. The summed E-state index contributed by atoms with van der Waals surface area (Å²) in [6, 6.07) is 9.69. The predicted molar refractivity (Wildman–Crippen MR) is 104 cm³/mol. The number of benzene rings is 1. The van der Waals surface area contributed by atoms with E-state index in [1.807, 2.05) is 41.9 Å². The first-order valence-electron chi connectivity index (χ1n) is 8.89. The van der Waals surface area contributed by atoms with Crippen LogP contribution in [0.4, 0.5) is 5.13 Å². The zero-order valence-electron chi connectivity index (χ0n) is 14.9. The van der Waals surface area contributed by atoms with Gasteiger partial charge in [0.1, 0.15) is 0 Å². The Morgan fingerprint density at radius 1 is 1.22 bits per heavy atom. The van der Waals surface area contributed by atoms with E-state index in [0.29, 0.717) is 11.6 Å². The van der Waals surface area contributed by atoms with Gasteiger partial charge in [0.05, 0.1) is 31.0 Å². The molecule has 0 atom stereocenters. The molecule has 3 heterocycles. The average molecular weight is 383 g/mol. The summed E-state index contributed by atoms with van der Waals surface area (Å²) in [7, 11) is 0. The van der Waals surface area contributed by atoms with Gasteiger partial charge in [-0.1, -0.05) is 12.1 Å². The van der Waals surface area contributed by atoms with Crippen molar-refractivity contribution in [1.82, 2.24) is 19.7 Å². The van der Waals surface area contributed by atoms with E-state index in [0.717, 1.165) is 49.8 Å². The Bertz CT molecular complexity index is 870. The molecule has 0 aliphatic carbocycles. The highest BCUT2D eigenvalue weighted by molar-refractivity contribution is 7.13. The highest BCUT2D eigenvalue weighted by Crippen LogP contribution is 2.18. The molecule has 0 radical (unpaired) electrons. The zero-order chi connectivity index (χ0) is 18.5. The van der Waals surface area contributed by atoms with Crippen LogP contribution >= 0.6 is 11.3 Å². The second-order valence-corrected chi connectivity index (χ2v) is 7.23. The molecule has 4 rings (SSSR count).